The van der Waals surface area contributed by atoms with E-state index in [1.165, 1.54) is 0 Å². The van der Waals surface area contributed by atoms with Crippen LogP contribution in [0.3, 0.4) is 0 Å². The summed E-state index contributed by atoms with van der Waals surface area (Å²) in [5.41, 5.74) is 8.29. The first-order chi connectivity index (χ1) is 9.24. The van der Waals surface area contributed by atoms with Gasteiger partial charge in [0.15, 0.2) is 0 Å². The Morgan fingerprint density at radius 3 is 2.63 bits per heavy atom. The lowest BCUT2D eigenvalue weighted by molar-refractivity contribution is -0.144. The smallest absolute Gasteiger partial charge is 0.306 e. The molecule has 0 spiro atoms. The van der Waals surface area contributed by atoms with Crippen molar-refractivity contribution in [1.29, 1.82) is 0 Å². The molecule has 0 aliphatic rings. The van der Waals surface area contributed by atoms with Crippen molar-refractivity contribution in [2.24, 2.45) is 0 Å². The van der Waals surface area contributed by atoms with Gasteiger partial charge in [-0.2, -0.15) is 0 Å². The van der Waals surface area contributed by atoms with E-state index in [4.69, 9.17) is 10.5 Å². The molecule has 0 saturated carbocycles. The van der Waals surface area contributed by atoms with Gasteiger partial charge >= 0.3 is 5.97 Å². The van der Waals surface area contributed by atoms with Gasteiger partial charge in [-0.05, 0) is 30.2 Å². The number of ether oxygens (including phenoxy) is 1. The van der Waals surface area contributed by atoms with Crippen molar-refractivity contribution >= 4 is 11.7 Å². The van der Waals surface area contributed by atoms with E-state index in [0.717, 1.165) is 16.8 Å². The summed E-state index contributed by atoms with van der Waals surface area (Å²) < 4.78 is 5.17. The normalized spacial score (nSPS) is 10.1. The lowest BCUT2D eigenvalue weighted by Crippen LogP contribution is -2.06. The summed E-state index contributed by atoms with van der Waals surface area (Å²) in [7, 11) is 0. The van der Waals surface area contributed by atoms with Gasteiger partial charge < -0.3 is 10.5 Å². The Morgan fingerprint density at radius 2 is 1.95 bits per heavy atom. The molecule has 1 aromatic heterocycles. The molecular formula is C15H16N2O2. The molecule has 0 aliphatic heterocycles. The van der Waals surface area contributed by atoms with E-state index in [0.29, 0.717) is 12.8 Å². The second kappa shape index (κ2) is 6.54. The Kier molecular flexibility index (Phi) is 4.50. The Balaban J connectivity index is 1.74. The molecule has 98 valence electrons. The number of nitrogen functional groups attached to an aromatic ring is 1. The van der Waals surface area contributed by atoms with Crippen LogP contribution in [0.5, 0.6) is 0 Å². The maximum absolute atomic E-state index is 11.6. The Bertz CT molecular complexity index is 524. The molecule has 0 atom stereocenters. The SMILES string of the molecule is Nc1ccc(CCC(=O)OCc2cccnc2)cc1. The molecule has 0 amide bonds. The van der Waals surface area contributed by atoms with Crippen LogP contribution >= 0.6 is 0 Å². The largest absolute Gasteiger partial charge is 0.461 e. The monoisotopic (exact) mass is 256 g/mol. The topological polar surface area (TPSA) is 65.2 Å². The number of aromatic nitrogens is 1. The average molecular weight is 256 g/mol. The minimum absolute atomic E-state index is 0.208. The number of esters is 1. The number of rotatable bonds is 5. The van der Waals surface area contributed by atoms with Gasteiger partial charge in [-0.15, -0.1) is 0 Å². The van der Waals surface area contributed by atoms with E-state index in [1.807, 2.05) is 36.4 Å². The molecule has 4 nitrogen and oxygen atoms in total. The summed E-state index contributed by atoms with van der Waals surface area (Å²) in [4.78, 5) is 15.6. The zero-order valence-electron chi connectivity index (χ0n) is 10.6. The highest BCUT2D eigenvalue weighted by Crippen LogP contribution is 2.08. The quantitative estimate of drug-likeness (QED) is 0.658. The van der Waals surface area contributed by atoms with Gasteiger partial charge in [0.2, 0.25) is 0 Å². The van der Waals surface area contributed by atoms with Crippen molar-refractivity contribution in [3.8, 4) is 0 Å². The van der Waals surface area contributed by atoms with Gasteiger partial charge in [-0.3, -0.25) is 9.78 Å². The molecule has 19 heavy (non-hydrogen) atoms. The van der Waals surface area contributed by atoms with Crippen LogP contribution in [0.4, 0.5) is 5.69 Å². The van der Waals surface area contributed by atoms with Crippen molar-refractivity contribution in [3.05, 3.63) is 59.9 Å². The molecule has 0 saturated heterocycles. The molecule has 2 N–H and O–H groups in total. The fourth-order valence-electron chi connectivity index (χ4n) is 1.65. The third kappa shape index (κ3) is 4.43. The first-order valence-corrected chi connectivity index (χ1v) is 6.13. The van der Waals surface area contributed by atoms with Gasteiger partial charge in [0.25, 0.3) is 0 Å². The fraction of sp³-hybridized carbons (Fsp3) is 0.200. The van der Waals surface area contributed by atoms with Gasteiger partial charge in [-0.1, -0.05) is 18.2 Å². The number of carbonyl (C=O) groups is 1. The van der Waals surface area contributed by atoms with Gasteiger partial charge in [0.05, 0.1) is 0 Å². The molecule has 2 rings (SSSR count). The van der Waals surface area contributed by atoms with Crippen LogP contribution in [-0.2, 0) is 22.6 Å². The van der Waals surface area contributed by atoms with E-state index in [2.05, 4.69) is 4.98 Å². The van der Waals surface area contributed by atoms with Crippen molar-refractivity contribution in [1.82, 2.24) is 4.98 Å². The number of hydrogen-bond donors (Lipinski definition) is 1. The maximum atomic E-state index is 11.6. The number of pyridine rings is 1. The van der Waals surface area contributed by atoms with Crippen LogP contribution in [0.2, 0.25) is 0 Å². The highest BCUT2D eigenvalue weighted by Gasteiger charge is 2.04. The molecule has 0 bridgehead atoms. The first kappa shape index (κ1) is 13.1. The van der Waals surface area contributed by atoms with Crippen LogP contribution in [0.25, 0.3) is 0 Å². The summed E-state index contributed by atoms with van der Waals surface area (Å²) in [6.07, 6.45) is 4.40. The highest BCUT2D eigenvalue weighted by molar-refractivity contribution is 5.69. The predicted octanol–water partition coefficient (Wildman–Crippen LogP) is 2.34. The van der Waals surface area contributed by atoms with Crippen LogP contribution in [-0.4, -0.2) is 11.0 Å². The lowest BCUT2D eigenvalue weighted by Gasteiger charge is -2.05. The first-order valence-electron chi connectivity index (χ1n) is 6.13. The molecular weight excluding hydrogens is 240 g/mol. The number of anilines is 1. The van der Waals surface area contributed by atoms with Gasteiger partial charge in [0, 0.05) is 30.1 Å². The molecule has 0 aliphatic carbocycles. The van der Waals surface area contributed by atoms with E-state index in [9.17, 15) is 4.79 Å². The standard InChI is InChI=1S/C15H16N2O2/c16-14-6-3-12(4-7-14)5-8-15(18)19-11-13-2-1-9-17-10-13/h1-4,6-7,9-10H,5,8,11,16H2. The molecule has 0 radical (unpaired) electrons. The summed E-state index contributed by atoms with van der Waals surface area (Å²) in [5.74, 6) is -0.208. The highest BCUT2D eigenvalue weighted by atomic mass is 16.5. The van der Waals surface area contributed by atoms with E-state index < -0.39 is 0 Å². The number of aryl methyl sites for hydroxylation is 1. The predicted molar refractivity (Wildman–Crippen MR) is 73.2 cm³/mol. The van der Waals surface area contributed by atoms with Crippen molar-refractivity contribution < 1.29 is 9.53 Å². The summed E-state index contributed by atoms with van der Waals surface area (Å²) in [6, 6.07) is 11.2. The Labute approximate surface area is 112 Å². The summed E-state index contributed by atoms with van der Waals surface area (Å²) in [6.45, 7) is 0.272. The number of nitrogens with zero attached hydrogens (tertiary/aromatic N) is 1. The number of benzene rings is 1. The third-order valence-corrected chi connectivity index (χ3v) is 2.72. The molecule has 4 heteroatoms. The zero-order valence-corrected chi connectivity index (χ0v) is 10.6. The fourth-order valence-corrected chi connectivity index (χ4v) is 1.65. The Hall–Kier alpha value is -2.36. The van der Waals surface area contributed by atoms with Gasteiger partial charge in [0.1, 0.15) is 6.61 Å². The zero-order chi connectivity index (χ0) is 13.5. The maximum Gasteiger partial charge on any atom is 0.306 e. The van der Waals surface area contributed by atoms with Crippen LogP contribution in [0, 0.1) is 0 Å². The third-order valence-electron chi connectivity index (χ3n) is 2.72. The van der Waals surface area contributed by atoms with Crippen LogP contribution in [0.15, 0.2) is 48.8 Å². The van der Waals surface area contributed by atoms with Crippen LogP contribution in [0.1, 0.15) is 17.5 Å². The van der Waals surface area contributed by atoms with Crippen LogP contribution < -0.4 is 5.73 Å². The molecule has 0 fully saturated rings. The van der Waals surface area contributed by atoms with Crippen molar-refractivity contribution in [2.75, 3.05) is 5.73 Å². The molecule has 2 aromatic rings. The minimum atomic E-state index is -0.208. The van der Waals surface area contributed by atoms with Crippen molar-refractivity contribution in [3.63, 3.8) is 0 Å². The number of carbonyl (C=O) groups excluding carboxylic acids is 1. The minimum Gasteiger partial charge on any atom is -0.461 e. The average Bonchev–Trinajstić information content (AvgIpc) is 2.45. The van der Waals surface area contributed by atoms with E-state index >= 15 is 0 Å². The van der Waals surface area contributed by atoms with E-state index in [1.54, 1.807) is 12.4 Å². The Morgan fingerprint density at radius 1 is 1.16 bits per heavy atom. The lowest BCUT2D eigenvalue weighted by atomic mass is 10.1. The molecule has 0 unspecified atom stereocenters. The van der Waals surface area contributed by atoms with E-state index in [-0.39, 0.29) is 12.6 Å². The number of nitrogens with two attached hydrogens (primary N) is 1. The second-order valence-electron chi connectivity index (χ2n) is 4.26. The second-order valence-corrected chi connectivity index (χ2v) is 4.26. The molecule has 1 heterocycles. The van der Waals surface area contributed by atoms with Gasteiger partial charge in [-0.25, -0.2) is 0 Å². The van der Waals surface area contributed by atoms with Crippen molar-refractivity contribution in [2.45, 2.75) is 19.4 Å². The summed E-state index contributed by atoms with van der Waals surface area (Å²) >= 11 is 0. The molecule has 1 aromatic carbocycles. The number of hydrogen-bond acceptors (Lipinski definition) is 4. The summed E-state index contributed by atoms with van der Waals surface area (Å²) in [5, 5.41) is 0.